The van der Waals surface area contributed by atoms with Crippen molar-refractivity contribution in [3.05, 3.63) is 28.3 Å². The van der Waals surface area contributed by atoms with Gasteiger partial charge in [-0.05, 0) is 13.0 Å². The highest BCUT2D eigenvalue weighted by Crippen LogP contribution is 2.30. The van der Waals surface area contributed by atoms with Gasteiger partial charge in [0, 0.05) is 31.3 Å². The molecule has 1 aliphatic heterocycles. The minimum Gasteiger partial charge on any atom is -0.312 e. The Labute approximate surface area is 121 Å². The number of likely N-dealkylation sites (N-methyl/N-ethyl adjacent to an activating group) is 1. The van der Waals surface area contributed by atoms with E-state index in [1.165, 1.54) is 16.4 Å². The molecule has 0 spiro atoms. The normalized spacial score (nSPS) is 21.3. The van der Waals surface area contributed by atoms with E-state index in [1.54, 1.807) is 17.6 Å². The van der Waals surface area contributed by atoms with Crippen molar-refractivity contribution in [2.45, 2.75) is 31.6 Å². The lowest BCUT2D eigenvalue weighted by atomic mass is 10.2. The number of nitro benzene ring substituents is 1. The predicted molar refractivity (Wildman–Crippen MR) is 75.4 cm³/mol. The maximum atomic E-state index is 12.5. The Balaban J connectivity index is 2.28. The number of fused-ring (bicyclic) bond motifs is 3. The maximum absolute atomic E-state index is 12.5. The molecule has 1 aromatic carbocycles. The third-order valence-electron chi connectivity index (χ3n) is 3.70. The molecular weight excluding hydrogens is 296 g/mol. The summed E-state index contributed by atoms with van der Waals surface area (Å²) in [6, 6.07) is 4.03. The Morgan fingerprint density at radius 2 is 2.19 bits per heavy atom. The molecule has 2 heterocycles. The SMILES string of the molecule is CCN1C(C)Cn2c(nc3cc([N+](=O)[O-])ccc32)S1(=O)=O. The van der Waals surface area contributed by atoms with Crippen molar-refractivity contribution in [1.29, 1.82) is 0 Å². The summed E-state index contributed by atoms with van der Waals surface area (Å²) in [7, 11) is -3.66. The highest BCUT2D eigenvalue weighted by molar-refractivity contribution is 7.89. The zero-order valence-corrected chi connectivity index (χ0v) is 12.4. The number of nitrogens with zero attached hydrogens (tertiary/aromatic N) is 4. The van der Waals surface area contributed by atoms with Crippen LogP contribution in [-0.4, -0.2) is 39.8 Å². The Kier molecular flexibility index (Phi) is 2.99. The fourth-order valence-corrected chi connectivity index (χ4v) is 4.52. The molecule has 21 heavy (non-hydrogen) atoms. The number of aromatic nitrogens is 2. The van der Waals surface area contributed by atoms with E-state index in [2.05, 4.69) is 4.98 Å². The average Bonchev–Trinajstić information content (AvgIpc) is 2.77. The minimum absolute atomic E-state index is 0.0436. The lowest BCUT2D eigenvalue weighted by Crippen LogP contribution is -2.46. The van der Waals surface area contributed by atoms with Gasteiger partial charge in [0.05, 0.1) is 16.0 Å². The molecule has 112 valence electrons. The van der Waals surface area contributed by atoms with E-state index in [9.17, 15) is 18.5 Å². The average molecular weight is 310 g/mol. The summed E-state index contributed by atoms with van der Waals surface area (Å²) in [6.07, 6.45) is 0. The number of hydrogen-bond acceptors (Lipinski definition) is 5. The van der Waals surface area contributed by atoms with Gasteiger partial charge in [0.15, 0.2) is 0 Å². The first-order valence-corrected chi connectivity index (χ1v) is 7.96. The molecule has 1 aromatic heterocycles. The van der Waals surface area contributed by atoms with Gasteiger partial charge < -0.3 is 4.57 Å². The van der Waals surface area contributed by atoms with Crippen molar-refractivity contribution in [2.75, 3.05) is 6.54 Å². The van der Waals surface area contributed by atoms with Gasteiger partial charge in [0.2, 0.25) is 5.16 Å². The second kappa shape index (κ2) is 4.50. The van der Waals surface area contributed by atoms with E-state index in [-0.39, 0.29) is 16.9 Å². The number of hydrogen-bond donors (Lipinski definition) is 0. The molecule has 1 unspecified atom stereocenters. The second-order valence-corrected chi connectivity index (χ2v) is 6.78. The minimum atomic E-state index is -3.66. The molecular formula is C12H14N4O4S. The summed E-state index contributed by atoms with van der Waals surface area (Å²) >= 11 is 0. The number of benzene rings is 1. The van der Waals surface area contributed by atoms with Crippen LogP contribution in [0.15, 0.2) is 23.4 Å². The van der Waals surface area contributed by atoms with Gasteiger partial charge in [-0.2, -0.15) is 4.31 Å². The van der Waals surface area contributed by atoms with Crippen LogP contribution in [0.2, 0.25) is 0 Å². The van der Waals surface area contributed by atoms with Crippen LogP contribution in [0.1, 0.15) is 13.8 Å². The summed E-state index contributed by atoms with van der Waals surface area (Å²) in [5.74, 6) is 0. The van der Waals surface area contributed by atoms with Crippen LogP contribution in [0.3, 0.4) is 0 Å². The first-order valence-electron chi connectivity index (χ1n) is 6.52. The maximum Gasteiger partial charge on any atom is 0.277 e. The Hall–Kier alpha value is -2.00. The zero-order chi connectivity index (χ0) is 15.4. The van der Waals surface area contributed by atoms with Gasteiger partial charge in [0.25, 0.3) is 15.7 Å². The molecule has 3 rings (SSSR count). The van der Waals surface area contributed by atoms with Crippen LogP contribution in [0.25, 0.3) is 11.0 Å². The van der Waals surface area contributed by atoms with Crippen LogP contribution in [-0.2, 0) is 16.6 Å². The molecule has 0 saturated carbocycles. The number of rotatable bonds is 2. The summed E-state index contributed by atoms with van der Waals surface area (Å²) in [5.41, 5.74) is 0.824. The smallest absolute Gasteiger partial charge is 0.277 e. The van der Waals surface area contributed by atoms with Gasteiger partial charge in [-0.25, -0.2) is 13.4 Å². The molecule has 1 atom stereocenters. The van der Waals surface area contributed by atoms with Crippen LogP contribution in [0, 0.1) is 10.1 Å². The van der Waals surface area contributed by atoms with Crippen molar-refractivity contribution in [1.82, 2.24) is 13.9 Å². The molecule has 2 aromatic rings. The zero-order valence-electron chi connectivity index (χ0n) is 11.6. The van der Waals surface area contributed by atoms with E-state index >= 15 is 0 Å². The Bertz CT molecular complexity index is 842. The summed E-state index contributed by atoms with van der Waals surface area (Å²) in [6.45, 7) is 4.46. The topological polar surface area (TPSA) is 98.3 Å². The van der Waals surface area contributed by atoms with Crippen molar-refractivity contribution < 1.29 is 13.3 Å². The van der Waals surface area contributed by atoms with Crippen molar-refractivity contribution in [2.24, 2.45) is 0 Å². The first-order chi connectivity index (χ1) is 9.86. The van der Waals surface area contributed by atoms with Gasteiger partial charge in [0.1, 0.15) is 0 Å². The third kappa shape index (κ3) is 1.92. The van der Waals surface area contributed by atoms with Crippen LogP contribution < -0.4 is 0 Å². The Morgan fingerprint density at radius 1 is 1.48 bits per heavy atom. The monoisotopic (exact) mass is 310 g/mol. The van der Waals surface area contributed by atoms with E-state index in [0.29, 0.717) is 24.1 Å². The van der Waals surface area contributed by atoms with E-state index in [0.717, 1.165) is 0 Å². The summed E-state index contributed by atoms with van der Waals surface area (Å²) < 4.78 is 28.1. The van der Waals surface area contributed by atoms with Gasteiger partial charge in [-0.1, -0.05) is 6.92 Å². The second-order valence-electron chi connectivity index (χ2n) is 4.99. The third-order valence-corrected chi connectivity index (χ3v) is 5.71. The number of non-ortho nitro benzene ring substituents is 1. The highest BCUT2D eigenvalue weighted by atomic mass is 32.2. The molecule has 0 fully saturated rings. The van der Waals surface area contributed by atoms with E-state index in [1.807, 2.05) is 6.92 Å². The Morgan fingerprint density at radius 3 is 2.81 bits per heavy atom. The molecule has 8 nitrogen and oxygen atoms in total. The molecule has 0 amide bonds. The van der Waals surface area contributed by atoms with Gasteiger partial charge in [-0.15, -0.1) is 0 Å². The van der Waals surface area contributed by atoms with E-state index < -0.39 is 14.9 Å². The quantitative estimate of drug-likeness (QED) is 0.616. The first kappa shape index (κ1) is 14.0. The van der Waals surface area contributed by atoms with Gasteiger partial charge >= 0.3 is 0 Å². The molecule has 0 aliphatic carbocycles. The largest absolute Gasteiger partial charge is 0.312 e. The van der Waals surface area contributed by atoms with Crippen LogP contribution in [0.4, 0.5) is 5.69 Å². The van der Waals surface area contributed by atoms with Crippen LogP contribution >= 0.6 is 0 Å². The lowest BCUT2D eigenvalue weighted by molar-refractivity contribution is -0.384. The van der Waals surface area contributed by atoms with Crippen molar-refractivity contribution in [3.8, 4) is 0 Å². The molecule has 0 radical (unpaired) electrons. The standard InChI is InChI=1S/C12H14N4O4S/c1-3-15-8(2)7-14-11-5-4-9(16(17)18)6-10(11)13-12(14)21(15,19)20/h4-6,8H,3,7H2,1-2H3. The fraction of sp³-hybridized carbons (Fsp3) is 0.417. The van der Waals surface area contributed by atoms with Crippen molar-refractivity contribution >= 4 is 26.7 Å². The molecule has 0 saturated heterocycles. The van der Waals surface area contributed by atoms with Crippen molar-refractivity contribution in [3.63, 3.8) is 0 Å². The number of sulfonamides is 1. The number of nitro groups is 1. The van der Waals surface area contributed by atoms with E-state index in [4.69, 9.17) is 0 Å². The molecule has 9 heteroatoms. The molecule has 1 aliphatic rings. The lowest BCUT2D eigenvalue weighted by Gasteiger charge is -2.32. The molecule has 0 N–H and O–H groups in total. The number of imidazole rings is 1. The predicted octanol–water partition coefficient (Wildman–Crippen LogP) is 1.36. The summed E-state index contributed by atoms with van der Waals surface area (Å²) in [4.78, 5) is 14.4. The fourth-order valence-electron chi connectivity index (χ4n) is 2.76. The highest BCUT2D eigenvalue weighted by Gasteiger charge is 2.38. The van der Waals surface area contributed by atoms with Crippen LogP contribution in [0.5, 0.6) is 0 Å². The van der Waals surface area contributed by atoms with Gasteiger partial charge in [-0.3, -0.25) is 10.1 Å². The summed E-state index contributed by atoms with van der Waals surface area (Å²) in [5, 5.41) is 10.8. The molecule has 0 bridgehead atoms.